The fourth-order valence-electron chi connectivity index (χ4n) is 1.54. The molecule has 0 saturated heterocycles. The molecule has 0 fully saturated rings. The van der Waals surface area contributed by atoms with Crippen molar-refractivity contribution in [3.63, 3.8) is 0 Å². The Balaban J connectivity index is 1.81. The van der Waals surface area contributed by atoms with E-state index in [0.717, 1.165) is 9.15 Å². The summed E-state index contributed by atoms with van der Waals surface area (Å²) in [7, 11) is 1.47. The van der Waals surface area contributed by atoms with Crippen LogP contribution in [0.3, 0.4) is 0 Å². The summed E-state index contributed by atoms with van der Waals surface area (Å²) in [5.41, 5.74) is -0.205. The molecule has 1 aromatic carbocycles. The monoisotopic (exact) mass is 352 g/mol. The molecule has 7 heteroatoms. The van der Waals surface area contributed by atoms with Gasteiger partial charge in [-0.1, -0.05) is 22.0 Å². The average molecular weight is 353 g/mol. The molecule has 0 saturated carbocycles. The van der Waals surface area contributed by atoms with Crippen LogP contribution >= 0.6 is 15.9 Å². The van der Waals surface area contributed by atoms with Gasteiger partial charge >= 0.3 is 5.97 Å². The highest BCUT2D eigenvalue weighted by molar-refractivity contribution is 9.10. The van der Waals surface area contributed by atoms with Gasteiger partial charge in [-0.15, -0.1) is 0 Å². The second-order valence-electron chi connectivity index (χ2n) is 4.12. The molecule has 1 heterocycles. The first-order valence-corrected chi connectivity index (χ1v) is 6.95. The summed E-state index contributed by atoms with van der Waals surface area (Å²) in [5.74, 6) is 0.0871. The third-order valence-corrected chi connectivity index (χ3v) is 3.04. The van der Waals surface area contributed by atoms with Gasteiger partial charge in [-0.3, -0.25) is 4.79 Å². The Bertz CT molecular complexity index is 699. The average Bonchev–Trinajstić information content (AvgIpc) is 2.46. The molecule has 0 spiro atoms. The number of carbonyl (C=O) groups excluding carboxylic acids is 1. The standard InChI is InChI=1S/C14H13BrN2O4/c1-17-13(18)6-5-12(16-17)14(19)21-8-7-20-11-4-2-3-10(15)9-11/h2-6,9H,7-8H2,1H3. The molecule has 2 rings (SSSR count). The SMILES string of the molecule is Cn1nc(C(=O)OCCOc2cccc(Br)c2)ccc1=O. The molecule has 0 aliphatic rings. The molecule has 1 aromatic heterocycles. The first-order valence-electron chi connectivity index (χ1n) is 6.16. The number of aryl methyl sites for hydroxylation is 1. The fraction of sp³-hybridized carbons (Fsp3) is 0.214. The van der Waals surface area contributed by atoms with Crippen LogP contribution in [-0.2, 0) is 11.8 Å². The van der Waals surface area contributed by atoms with E-state index >= 15 is 0 Å². The van der Waals surface area contributed by atoms with Crippen LogP contribution in [0, 0.1) is 0 Å². The van der Waals surface area contributed by atoms with Crippen LogP contribution in [0.2, 0.25) is 0 Å². The van der Waals surface area contributed by atoms with E-state index in [1.165, 1.54) is 19.2 Å². The molecule has 6 nitrogen and oxygen atoms in total. The molecule has 0 aliphatic heterocycles. The number of aromatic nitrogens is 2. The van der Waals surface area contributed by atoms with Gasteiger partial charge < -0.3 is 9.47 Å². The second-order valence-corrected chi connectivity index (χ2v) is 5.04. The number of ether oxygens (including phenoxy) is 2. The first-order chi connectivity index (χ1) is 10.1. The summed E-state index contributed by atoms with van der Waals surface area (Å²) in [4.78, 5) is 22.9. The number of carbonyl (C=O) groups is 1. The topological polar surface area (TPSA) is 70.4 Å². The predicted octanol–water partition coefficient (Wildman–Crippen LogP) is 1.78. The lowest BCUT2D eigenvalue weighted by molar-refractivity contribution is 0.0441. The first kappa shape index (κ1) is 15.2. The smallest absolute Gasteiger partial charge is 0.358 e. The third-order valence-electron chi connectivity index (χ3n) is 2.55. The highest BCUT2D eigenvalue weighted by atomic mass is 79.9. The van der Waals surface area contributed by atoms with Crippen molar-refractivity contribution in [2.24, 2.45) is 7.05 Å². The molecule has 0 radical (unpaired) electrons. The largest absolute Gasteiger partial charge is 0.490 e. The van der Waals surface area contributed by atoms with Gasteiger partial charge in [-0.2, -0.15) is 5.10 Å². The summed E-state index contributed by atoms with van der Waals surface area (Å²) < 4.78 is 12.4. The summed E-state index contributed by atoms with van der Waals surface area (Å²) in [5, 5.41) is 3.80. The molecule has 0 unspecified atom stereocenters. The van der Waals surface area contributed by atoms with Crippen molar-refractivity contribution in [3.8, 4) is 5.75 Å². The van der Waals surface area contributed by atoms with Crippen molar-refractivity contribution in [3.05, 3.63) is 56.9 Å². The summed E-state index contributed by atoms with van der Waals surface area (Å²) in [6.07, 6.45) is 0. The molecular weight excluding hydrogens is 340 g/mol. The van der Waals surface area contributed by atoms with E-state index in [-0.39, 0.29) is 24.5 Å². The van der Waals surface area contributed by atoms with E-state index in [0.29, 0.717) is 5.75 Å². The zero-order valence-electron chi connectivity index (χ0n) is 11.3. The van der Waals surface area contributed by atoms with Crippen LogP contribution in [0.4, 0.5) is 0 Å². The number of hydrogen-bond donors (Lipinski definition) is 0. The van der Waals surface area contributed by atoms with Gasteiger partial charge in [-0.05, 0) is 24.3 Å². The predicted molar refractivity (Wildman–Crippen MR) is 79.4 cm³/mol. The number of hydrogen-bond acceptors (Lipinski definition) is 5. The molecule has 110 valence electrons. The number of benzene rings is 1. The second kappa shape index (κ2) is 7.03. The van der Waals surface area contributed by atoms with Gasteiger partial charge in [0.2, 0.25) is 0 Å². The van der Waals surface area contributed by atoms with Crippen molar-refractivity contribution in [1.82, 2.24) is 9.78 Å². The Labute approximate surface area is 129 Å². The Morgan fingerprint density at radius 3 is 2.81 bits per heavy atom. The van der Waals surface area contributed by atoms with Crippen molar-refractivity contribution in [1.29, 1.82) is 0 Å². The molecule has 0 bridgehead atoms. The normalized spacial score (nSPS) is 10.2. The zero-order valence-corrected chi connectivity index (χ0v) is 12.9. The summed E-state index contributed by atoms with van der Waals surface area (Å²) in [6.45, 7) is 0.323. The van der Waals surface area contributed by atoms with Crippen LogP contribution in [0.15, 0.2) is 45.7 Å². The zero-order chi connectivity index (χ0) is 15.2. The molecular formula is C14H13BrN2O4. The maximum Gasteiger partial charge on any atom is 0.358 e. The van der Waals surface area contributed by atoms with Crippen LogP contribution in [0.1, 0.15) is 10.5 Å². The third kappa shape index (κ3) is 4.42. The van der Waals surface area contributed by atoms with Crippen molar-refractivity contribution >= 4 is 21.9 Å². The van der Waals surface area contributed by atoms with E-state index < -0.39 is 5.97 Å². The minimum Gasteiger partial charge on any atom is -0.490 e. The number of halogens is 1. The van der Waals surface area contributed by atoms with Crippen LogP contribution in [0.5, 0.6) is 5.75 Å². The van der Waals surface area contributed by atoms with Crippen molar-refractivity contribution in [2.45, 2.75) is 0 Å². The van der Waals surface area contributed by atoms with Gasteiger partial charge in [-0.25, -0.2) is 9.48 Å². The van der Waals surface area contributed by atoms with Gasteiger partial charge in [0.1, 0.15) is 19.0 Å². The lowest BCUT2D eigenvalue weighted by atomic mass is 10.3. The van der Waals surface area contributed by atoms with E-state index in [9.17, 15) is 9.59 Å². The van der Waals surface area contributed by atoms with Crippen LogP contribution < -0.4 is 10.3 Å². The van der Waals surface area contributed by atoms with Crippen LogP contribution in [0.25, 0.3) is 0 Å². The number of rotatable bonds is 5. The van der Waals surface area contributed by atoms with E-state index in [1.807, 2.05) is 18.2 Å². The molecule has 21 heavy (non-hydrogen) atoms. The quantitative estimate of drug-likeness (QED) is 0.605. The molecule has 0 atom stereocenters. The highest BCUT2D eigenvalue weighted by Crippen LogP contribution is 2.17. The summed E-state index contributed by atoms with van der Waals surface area (Å²) in [6, 6.07) is 9.96. The van der Waals surface area contributed by atoms with Gasteiger partial charge in [0.25, 0.3) is 5.56 Å². The van der Waals surface area contributed by atoms with Gasteiger partial charge in [0, 0.05) is 17.6 Å². The molecule has 0 N–H and O–H groups in total. The molecule has 2 aromatic rings. The van der Waals surface area contributed by atoms with E-state index in [2.05, 4.69) is 21.0 Å². The lowest BCUT2D eigenvalue weighted by Crippen LogP contribution is -2.22. The Morgan fingerprint density at radius 1 is 1.29 bits per heavy atom. The Morgan fingerprint density at radius 2 is 2.10 bits per heavy atom. The van der Waals surface area contributed by atoms with Gasteiger partial charge in [0.15, 0.2) is 5.69 Å². The maximum absolute atomic E-state index is 11.7. The molecule has 0 amide bonds. The Hall–Kier alpha value is -2.15. The minimum atomic E-state index is -0.594. The van der Waals surface area contributed by atoms with Gasteiger partial charge in [0.05, 0.1) is 0 Å². The number of nitrogens with zero attached hydrogens (tertiary/aromatic N) is 2. The highest BCUT2D eigenvalue weighted by Gasteiger charge is 2.09. The van der Waals surface area contributed by atoms with Crippen molar-refractivity contribution < 1.29 is 14.3 Å². The number of esters is 1. The van der Waals surface area contributed by atoms with Crippen LogP contribution in [-0.4, -0.2) is 29.0 Å². The van der Waals surface area contributed by atoms with E-state index in [4.69, 9.17) is 9.47 Å². The fourth-order valence-corrected chi connectivity index (χ4v) is 1.91. The lowest BCUT2D eigenvalue weighted by Gasteiger charge is -2.07. The minimum absolute atomic E-state index is 0.0829. The Kier molecular flexibility index (Phi) is 5.10. The maximum atomic E-state index is 11.7. The van der Waals surface area contributed by atoms with Crippen molar-refractivity contribution in [2.75, 3.05) is 13.2 Å². The van der Waals surface area contributed by atoms with E-state index in [1.54, 1.807) is 6.07 Å². The molecule has 0 aliphatic carbocycles. The summed E-state index contributed by atoms with van der Waals surface area (Å²) >= 11 is 3.34.